The molecule has 0 saturated carbocycles. The first-order chi connectivity index (χ1) is 12.4. The summed E-state index contributed by atoms with van der Waals surface area (Å²) in [7, 11) is 3.11. The molecule has 26 heavy (non-hydrogen) atoms. The number of nitrogens with one attached hydrogen (secondary N) is 1. The van der Waals surface area contributed by atoms with Crippen LogP contribution in [0.5, 0.6) is 11.5 Å². The Labute approximate surface area is 151 Å². The van der Waals surface area contributed by atoms with Crippen molar-refractivity contribution in [1.82, 2.24) is 0 Å². The SMILES string of the molecule is COc1ccc(OC)c(Nc2c(-c3cc(C)c(C)cc3C)c(=O)c2=O)c1. The average Bonchev–Trinajstić information content (AvgIpc) is 2.64. The predicted octanol–water partition coefficient (Wildman–Crippen LogP) is 3.64. The van der Waals surface area contributed by atoms with Gasteiger partial charge in [0.05, 0.1) is 25.5 Å². The van der Waals surface area contributed by atoms with Gasteiger partial charge in [0.25, 0.3) is 5.43 Å². The van der Waals surface area contributed by atoms with Gasteiger partial charge in [-0.3, -0.25) is 9.59 Å². The number of aryl methyl sites for hydroxylation is 3. The minimum atomic E-state index is -0.525. The van der Waals surface area contributed by atoms with Crippen LogP contribution < -0.4 is 25.6 Å². The highest BCUT2D eigenvalue weighted by Gasteiger charge is 2.25. The molecule has 0 radical (unpaired) electrons. The van der Waals surface area contributed by atoms with E-state index in [0.717, 1.165) is 22.3 Å². The standard InChI is InChI=1S/C21H21NO4/c1-11-8-13(3)15(9-12(11)2)18-19(21(24)20(18)23)22-16-10-14(25-4)6-7-17(16)26-5/h6-10,22H,1-5H3. The zero-order valence-electron chi connectivity index (χ0n) is 15.5. The largest absolute Gasteiger partial charge is 0.497 e. The lowest BCUT2D eigenvalue weighted by Crippen LogP contribution is -2.35. The van der Waals surface area contributed by atoms with Crippen molar-refractivity contribution in [3.05, 3.63) is 67.5 Å². The van der Waals surface area contributed by atoms with Crippen molar-refractivity contribution < 1.29 is 9.47 Å². The highest BCUT2D eigenvalue weighted by molar-refractivity contribution is 5.87. The maximum Gasteiger partial charge on any atom is 0.250 e. The molecule has 0 aliphatic carbocycles. The van der Waals surface area contributed by atoms with E-state index in [1.807, 2.05) is 32.9 Å². The zero-order valence-corrected chi connectivity index (χ0v) is 15.5. The Balaban J connectivity index is 2.11. The minimum absolute atomic E-state index is 0.285. The summed E-state index contributed by atoms with van der Waals surface area (Å²) < 4.78 is 10.6. The molecule has 5 heteroatoms. The molecule has 0 amide bonds. The van der Waals surface area contributed by atoms with Gasteiger partial charge in [-0.2, -0.15) is 0 Å². The Morgan fingerprint density at radius 3 is 2.15 bits per heavy atom. The molecule has 0 spiro atoms. The summed E-state index contributed by atoms with van der Waals surface area (Å²) in [6.07, 6.45) is 0. The Bertz CT molecular complexity index is 1060. The lowest BCUT2D eigenvalue weighted by molar-refractivity contribution is 0.405. The second-order valence-corrected chi connectivity index (χ2v) is 6.35. The molecule has 0 aliphatic rings. The van der Waals surface area contributed by atoms with Crippen molar-refractivity contribution in [2.24, 2.45) is 0 Å². The fraction of sp³-hybridized carbons (Fsp3) is 0.238. The summed E-state index contributed by atoms with van der Waals surface area (Å²) in [6, 6.07) is 9.22. The number of methoxy groups -OCH3 is 2. The maximum absolute atomic E-state index is 12.3. The summed E-state index contributed by atoms with van der Waals surface area (Å²) in [5, 5.41) is 3.07. The van der Waals surface area contributed by atoms with Gasteiger partial charge >= 0.3 is 0 Å². The van der Waals surface area contributed by atoms with E-state index >= 15 is 0 Å². The monoisotopic (exact) mass is 351 g/mol. The van der Waals surface area contributed by atoms with Gasteiger partial charge in [-0.1, -0.05) is 12.1 Å². The topological polar surface area (TPSA) is 64.6 Å². The number of hydrogen-bond donors (Lipinski definition) is 1. The summed E-state index contributed by atoms with van der Waals surface area (Å²) >= 11 is 0. The molecule has 5 nitrogen and oxygen atoms in total. The van der Waals surface area contributed by atoms with Crippen LogP contribution in [0.4, 0.5) is 11.4 Å². The molecule has 3 aromatic rings. The number of anilines is 2. The summed E-state index contributed by atoms with van der Waals surface area (Å²) in [4.78, 5) is 24.5. The van der Waals surface area contributed by atoms with E-state index in [9.17, 15) is 9.59 Å². The number of benzene rings is 2. The van der Waals surface area contributed by atoms with Crippen LogP contribution in [0.2, 0.25) is 0 Å². The van der Waals surface area contributed by atoms with Gasteiger partial charge in [-0.25, -0.2) is 0 Å². The van der Waals surface area contributed by atoms with Crippen LogP contribution in [0.15, 0.2) is 39.9 Å². The van der Waals surface area contributed by atoms with E-state index in [0.29, 0.717) is 22.7 Å². The Kier molecular flexibility index (Phi) is 4.55. The zero-order chi connectivity index (χ0) is 19.0. The van der Waals surface area contributed by atoms with E-state index < -0.39 is 10.9 Å². The van der Waals surface area contributed by atoms with Crippen molar-refractivity contribution in [2.75, 3.05) is 19.5 Å². The van der Waals surface area contributed by atoms with Gasteiger partial charge in [0.1, 0.15) is 17.2 Å². The highest BCUT2D eigenvalue weighted by Crippen LogP contribution is 2.35. The van der Waals surface area contributed by atoms with Gasteiger partial charge in [0, 0.05) is 6.07 Å². The molecular formula is C21H21NO4. The van der Waals surface area contributed by atoms with Crippen LogP contribution in [0.25, 0.3) is 11.1 Å². The van der Waals surface area contributed by atoms with E-state index in [-0.39, 0.29) is 5.69 Å². The van der Waals surface area contributed by atoms with Gasteiger partial charge in [-0.15, -0.1) is 0 Å². The van der Waals surface area contributed by atoms with Crippen molar-refractivity contribution in [1.29, 1.82) is 0 Å². The molecule has 0 aliphatic heterocycles. The summed E-state index contributed by atoms with van der Waals surface area (Å²) in [5.41, 5.74) is 4.23. The second kappa shape index (κ2) is 6.67. The third-order valence-electron chi connectivity index (χ3n) is 4.69. The fourth-order valence-electron chi connectivity index (χ4n) is 3.04. The smallest absolute Gasteiger partial charge is 0.250 e. The van der Waals surface area contributed by atoms with Crippen LogP contribution >= 0.6 is 0 Å². The van der Waals surface area contributed by atoms with Crippen LogP contribution in [0, 0.1) is 20.8 Å². The maximum atomic E-state index is 12.3. The third-order valence-corrected chi connectivity index (χ3v) is 4.69. The van der Waals surface area contributed by atoms with Gasteiger partial charge in [0.2, 0.25) is 5.43 Å². The summed E-state index contributed by atoms with van der Waals surface area (Å²) in [5.74, 6) is 1.18. The molecular weight excluding hydrogens is 330 g/mol. The Hall–Kier alpha value is -3.08. The van der Waals surface area contributed by atoms with Crippen LogP contribution in [0.3, 0.4) is 0 Å². The van der Waals surface area contributed by atoms with E-state index in [4.69, 9.17) is 9.47 Å². The fourth-order valence-corrected chi connectivity index (χ4v) is 3.04. The molecule has 3 rings (SSSR count). The first kappa shape index (κ1) is 17.7. The molecule has 0 aromatic heterocycles. The number of hydrogen-bond acceptors (Lipinski definition) is 5. The molecule has 0 atom stereocenters. The minimum Gasteiger partial charge on any atom is -0.497 e. The first-order valence-corrected chi connectivity index (χ1v) is 8.28. The Morgan fingerprint density at radius 1 is 0.808 bits per heavy atom. The van der Waals surface area contributed by atoms with E-state index in [1.165, 1.54) is 0 Å². The molecule has 3 aromatic carbocycles. The molecule has 0 fully saturated rings. The van der Waals surface area contributed by atoms with Crippen molar-refractivity contribution >= 4 is 11.4 Å². The lowest BCUT2D eigenvalue weighted by Gasteiger charge is -2.18. The molecule has 0 heterocycles. The van der Waals surface area contributed by atoms with Gasteiger partial charge < -0.3 is 14.8 Å². The average molecular weight is 351 g/mol. The van der Waals surface area contributed by atoms with E-state index in [1.54, 1.807) is 32.4 Å². The van der Waals surface area contributed by atoms with Crippen molar-refractivity contribution in [2.45, 2.75) is 20.8 Å². The molecule has 134 valence electrons. The number of ether oxygens (including phenoxy) is 2. The molecule has 1 N–H and O–H groups in total. The van der Waals surface area contributed by atoms with Crippen LogP contribution in [0.1, 0.15) is 16.7 Å². The summed E-state index contributed by atoms with van der Waals surface area (Å²) in [6.45, 7) is 5.95. The Morgan fingerprint density at radius 2 is 1.50 bits per heavy atom. The lowest BCUT2D eigenvalue weighted by atomic mass is 9.91. The van der Waals surface area contributed by atoms with Crippen LogP contribution in [-0.4, -0.2) is 14.2 Å². The molecule has 0 saturated heterocycles. The quantitative estimate of drug-likeness (QED) is 0.711. The normalized spacial score (nSPS) is 10.8. The van der Waals surface area contributed by atoms with Crippen LogP contribution in [-0.2, 0) is 0 Å². The van der Waals surface area contributed by atoms with Crippen molar-refractivity contribution in [3.8, 4) is 22.6 Å². The highest BCUT2D eigenvalue weighted by atomic mass is 16.5. The van der Waals surface area contributed by atoms with Gasteiger partial charge in [0.15, 0.2) is 0 Å². The second-order valence-electron chi connectivity index (χ2n) is 6.35. The van der Waals surface area contributed by atoms with E-state index in [2.05, 4.69) is 5.32 Å². The predicted molar refractivity (Wildman–Crippen MR) is 104 cm³/mol. The van der Waals surface area contributed by atoms with Gasteiger partial charge in [-0.05, 0) is 55.2 Å². The number of rotatable bonds is 5. The first-order valence-electron chi connectivity index (χ1n) is 8.28. The molecule has 0 bridgehead atoms. The molecule has 0 unspecified atom stereocenters. The van der Waals surface area contributed by atoms with Crippen molar-refractivity contribution in [3.63, 3.8) is 0 Å². The third kappa shape index (κ3) is 2.86.